The Bertz CT molecular complexity index is 402. The number of hydrogen-bond acceptors (Lipinski definition) is 2. The number of hydrogen-bond donors (Lipinski definition) is 1. The van der Waals surface area contributed by atoms with Crippen LogP contribution < -0.4 is 0 Å². The van der Waals surface area contributed by atoms with Crippen LogP contribution in [0, 0.1) is 5.92 Å². The first-order valence-corrected chi connectivity index (χ1v) is 7.35. The molecule has 1 heterocycles. The van der Waals surface area contributed by atoms with E-state index in [-0.39, 0.29) is 0 Å². The highest BCUT2D eigenvalue weighted by Gasteiger charge is 2.33. The number of aromatic hydroxyl groups is 1. The third kappa shape index (κ3) is 2.39. The first-order chi connectivity index (χ1) is 8.84. The molecule has 1 aromatic carbocycles. The number of benzene rings is 1. The van der Waals surface area contributed by atoms with E-state index >= 15 is 0 Å². The molecule has 0 bridgehead atoms. The Labute approximate surface area is 110 Å². The van der Waals surface area contributed by atoms with E-state index in [1.165, 1.54) is 45.1 Å². The minimum atomic E-state index is 0.454. The summed E-state index contributed by atoms with van der Waals surface area (Å²) < 4.78 is 0. The van der Waals surface area contributed by atoms with E-state index in [9.17, 15) is 5.11 Å². The summed E-state index contributed by atoms with van der Waals surface area (Å²) in [5, 5.41) is 9.91. The van der Waals surface area contributed by atoms with Gasteiger partial charge in [0.25, 0.3) is 0 Å². The molecule has 1 N–H and O–H groups in total. The number of para-hydroxylation sites is 1. The van der Waals surface area contributed by atoms with Gasteiger partial charge in [0, 0.05) is 18.2 Å². The number of piperidine rings is 1. The third-order valence-electron chi connectivity index (χ3n) is 4.72. The van der Waals surface area contributed by atoms with E-state index in [0.717, 1.165) is 24.1 Å². The smallest absolute Gasteiger partial charge is 0.120 e. The maximum atomic E-state index is 9.91. The first kappa shape index (κ1) is 12.0. The summed E-state index contributed by atoms with van der Waals surface area (Å²) in [6.45, 7) is 2.13. The number of nitrogens with zero attached hydrogens (tertiary/aromatic N) is 1. The van der Waals surface area contributed by atoms with Gasteiger partial charge in [-0.15, -0.1) is 0 Å². The standard InChI is InChI=1S/C16H23NO/c18-16-10-4-2-7-14(16)12-17-11-5-8-13-6-1-3-9-15(13)17/h2,4,7,10,13,15,18H,1,3,5-6,8-9,11-12H2. The van der Waals surface area contributed by atoms with Gasteiger partial charge in [-0.25, -0.2) is 0 Å². The SMILES string of the molecule is Oc1ccccc1CN1CCCC2CCCCC21. The van der Waals surface area contributed by atoms with Crippen molar-refractivity contribution in [2.24, 2.45) is 5.92 Å². The number of fused-ring (bicyclic) bond motifs is 1. The van der Waals surface area contributed by atoms with E-state index in [4.69, 9.17) is 0 Å². The van der Waals surface area contributed by atoms with Gasteiger partial charge in [-0.1, -0.05) is 31.0 Å². The lowest BCUT2D eigenvalue weighted by atomic mass is 9.78. The van der Waals surface area contributed by atoms with Crippen LogP contribution in [-0.4, -0.2) is 22.6 Å². The molecule has 2 aliphatic rings. The summed E-state index contributed by atoms with van der Waals surface area (Å²) in [5.41, 5.74) is 1.09. The molecule has 1 saturated carbocycles. The second-order valence-corrected chi connectivity index (χ2v) is 5.85. The van der Waals surface area contributed by atoms with Crippen molar-refractivity contribution in [2.45, 2.75) is 51.1 Å². The van der Waals surface area contributed by atoms with E-state index < -0.39 is 0 Å². The van der Waals surface area contributed by atoms with Gasteiger partial charge in [-0.3, -0.25) is 4.90 Å². The number of rotatable bonds is 2. The molecule has 18 heavy (non-hydrogen) atoms. The zero-order valence-corrected chi connectivity index (χ0v) is 11.0. The van der Waals surface area contributed by atoms with Crippen molar-refractivity contribution in [3.8, 4) is 5.75 Å². The fourth-order valence-corrected chi connectivity index (χ4v) is 3.79. The monoisotopic (exact) mass is 245 g/mol. The minimum absolute atomic E-state index is 0.454. The normalized spacial score (nSPS) is 28.9. The highest BCUT2D eigenvalue weighted by molar-refractivity contribution is 5.31. The summed E-state index contributed by atoms with van der Waals surface area (Å²) in [6, 6.07) is 8.56. The Morgan fingerprint density at radius 1 is 1.06 bits per heavy atom. The van der Waals surface area contributed by atoms with Crippen molar-refractivity contribution in [3.63, 3.8) is 0 Å². The van der Waals surface area contributed by atoms with Crippen LogP contribution in [0.25, 0.3) is 0 Å². The predicted molar refractivity (Wildman–Crippen MR) is 73.5 cm³/mol. The van der Waals surface area contributed by atoms with Crippen LogP contribution in [-0.2, 0) is 6.54 Å². The lowest BCUT2D eigenvalue weighted by Crippen LogP contribution is -2.46. The van der Waals surface area contributed by atoms with Gasteiger partial charge in [0.15, 0.2) is 0 Å². The van der Waals surface area contributed by atoms with Gasteiger partial charge in [0.05, 0.1) is 0 Å². The second kappa shape index (κ2) is 5.31. The molecule has 2 nitrogen and oxygen atoms in total. The molecule has 2 atom stereocenters. The fraction of sp³-hybridized carbons (Fsp3) is 0.625. The minimum Gasteiger partial charge on any atom is -0.508 e. The molecule has 1 aromatic rings. The van der Waals surface area contributed by atoms with E-state index in [1.807, 2.05) is 12.1 Å². The van der Waals surface area contributed by atoms with Crippen molar-refractivity contribution in [1.82, 2.24) is 4.90 Å². The second-order valence-electron chi connectivity index (χ2n) is 5.85. The average molecular weight is 245 g/mol. The highest BCUT2D eigenvalue weighted by atomic mass is 16.3. The van der Waals surface area contributed by atoms with Crippen LogP contribution in [0.3, 0.4) is 0 Å². The van der Waals surface area contributed by atoms with E-state index in [2.05, 4.69) is 11.0 Å². The topological polar surface area (TPSA) is 23.5 Å². The van der Waals surface area contributed by atoms with Gasteiger partial charge >= 0.3 is 0 Å². The Morgan fingerprint density at radius 3 is 2.72 bits per heavy atom. The predicted octanol–water partition coefficient (Wildman–Crippen LogP) is 3.55. The number of phenols is 1. The molecule has 3 rings (SSSR count). The fourth-order valence-electron chi connectivity index (χ4n) is 3.79. The molecule has 1 aliphatic heterocycles. The van der Waals surface area contributed by atoms with Crippen LogP contribution in [0.2, 0.25) is 0 Å². The molecule has 0 aromatic heterocycles. The highest BCUT2D eigenvalue weighted by Crippen LogP contribution is 2.36. The van der Waals surface area contributed by atoms with Crippen LogP contribution in [0.4, 0.5) is 0 Å². The molecule has 98 valence electrons. The van der Waals surface area contributed by atoms with Gasteiger partial charge < -0.3 is 5.11 Å². The van der Waals surface area contributed by atoms with Crippen molar-refractivity contribution in [2.75, 3.05) is 6.54 Å². The molecule has 0 amide bonds. The summed E-state index contributed by atoms with van der Waals surface area (Å²) in [5.74, 6) is 1.37. The number of phenolic OH excluding ortho intramolecular Hbond substituents is 1. The largest absolute Gasteiger partial charge is 0.508 e. The quantitative estimate of drug-likeness (QED) is 0.861. The summed E-state index contributed by atoms with van der Waals surface area (Å²) in [7, 11) is 0. The maximum absolute atomic E-state index is 9.91. The molecule has 0 radical (unpaired) electrons. The lowest BCUT2D eigenvalue weighted by molar-refractivity contribution is 0.0541. The van der Waals surface area contributed by atoms with Crippen molar-refractivity contribution in [1.29, 1.82) is 0 Å². The number of likely N-dealkylation sites (tertiary alicyclic amines) is 1. The maximum Gasteiger partial charge on any atom is 0.120 e. The molecule has 2 heteroatoms. The van der Waals surface area contributed by atoms with Crippen LogP contribution in [0.1, 0.15) is 44.1 Å². The summed E-state index contributed by atoms with van der Waals surface area (Å²) >= 11 is 0. The van der Waals surface area contributed by atoms with Crippen LogP contribution in [0.5, 0.6) is 5.75 Å². The summed E-state index contributed by atoms with van der Waals surface area (Å²) in [4.78, 5) is 2.61. The van der Waals surface area contributed by atoms with Crippen molar-refractivity contribution < 1.29 is 5.11 Å². The molecule has 0 spiro atoms. The average Bonchev–Trinajstić information content (AvgIpc) is 2.42. The Balaban J connectivity index is 1.73. The van der Waals surface area contributed by atoms with Crippen LogP contribution in [0.15, 0.2) is 24.3 Å². The van der Waals surface area contributed by atoms with E-state index in [1.54, 1.807) is 6.07 Å². The molecular weight excluding hydrogens is 222 g/mol. The Morgan fingerprint density at radius 2 is 1.83 bits per heavy atom. The third-order valence-corrected chi connectivity index (χ3v) is 4.72. The lowest BCUT2D eigenvalue weighted by Gasteiger charge is -2.44. The zero-order chi connectivity index (χ0) is 12.4. The van der Waals surface area contributed by atoms with Crippen LogP contribution >= 0.6 is 0 Å². The zero-order valence-electron chi connectivity index (χ0n) is 11.0. The summed E-state index contributed by atoms with van der Waals surface area (Å²) in [6.07, 6.45) is 8.33. The Hall–Kier alpha value is -1.02. The van der Waals surface area contributed by atoms with Gasteiger partial charge in [-0.05, 0) is 44.2 Å². The van der Waals surface area contributed by atoms with Gasteiger partial charge in [0.1, 0.15) is 5.75 Å². The van der Waals surface area contributed by atoms with Crippen molar-refractivity contribution >= 4 is 0 Å². The molecule has 1 saturated heterocycles. The first-order valence-electron chi connectivity index (χ1n) is 7.35. The van der Waals surface area contributed by atoms with E-state index in [0.29, 0.717) is 5.75 Å². The molecule has 2 unspecified atom stereocenters. The molecule has 2 fully saturated rings. The Kier molecular flexibility index (Phi) is 3.55. The van der Waals surface area contributed by atoms with Gasteiger partial charge in [-0.2, -0.15) is 0 Å². The van der Waals surface area contributed by atoms with Crippen molar-refractivity contribution in [3.05, 3.63) is 29.8 Å². The molecular formula is C16H23NO. The molecule has 1 aliphatic carbocycles. The van der Waals surface area contributed by atoms with Gasteiger partial charge in [0.2, 0.25) is 0 Å².